The van der Waals surface area contributed by atoms with Gasteiger partial charge in [-0.3, -0.25) is 29.0 Å². The van der Waals surface area contributed by atoms with Gasteiger partial charge in [0.1, 0.15) is 6.54 Å². The Bertz CT molecular complexity index is 1310. The van der Waals surface area contributed by atoms with Crippen LogP contribution in [0.2, 0.25) is 0 Å². The highest BCUT2D eigenvalue weighted by Crippen LogP contribution is 2.23. The van der Waals surface area contributed by atoms with Crippen LogP contribution in [0.25, 0.3) is 0 Å². The number of non-ortho nitro benzene ring substituents is 1. The van der Waals surface area contributed by atoms with E-state index in [1.165, 1.54) is 30.3 Å². The molecule has 3 rings (SSSR count). The summed E-state index contributed by atoms with van der Waals surface area (Å²) in [6.07, 6.45) is 4.12. The van der Waals surface area contributed by atoms with Crippen LogP contribution in [0.4, 0.5) is 17.1 Å². The highest BCUT2D eigenvalue weighted by atomic mass is 32.2. The third-order valence-corrected chi connectivity index (χ3v) is 5.78. The third kappa shape index (κ3) is 6.36. The highest BCUT2D eigenvalue weighted by Gasteiger charge is 2.23. The van der Waals surface area contributed by atoms with E-state index in [-0.39, 0.29) is 29.2 Å². The molecule has 2 amide bonds. The van der Waals surface area contributed by atoms with E-state index in [4.69, 9.17) is 0 Å². The second kappa shape index (κ2) is 10.5. The van der Waals surface area contributed by atoms with Gasteiger partial charge in [0.15, 0.2) is 0 Å². The number of rotatable bonds is 9. The molecule has 0 fully saturated rings. The molecule has 3 aromatic rings. The van der Waals surface area contributed by atoms with Crippen LogP contribution >= 0.6 is 0 Å². The van der Waals surface area contributed by atoms with E-state index in [0.717, 1.165) is 22.2 Å². The highest BCUT2D eigenvalue weighted by molar-refractivity contribution is 7.92. The van der Waals surface area contributed by atoms with E-state index >= 15 is 0 Å². The Hall–Kier alpha value is -4.32. The predicted octanol–water partition coefficient (Wildman–Crippen LogP) is 2.32. The standard InChI is InChI=1S/C22H21N5O6S/c1-34(32,33)26(17-7-4-8-18(12-17)27(30)31)15-21(28)25-20-10-3-2-9-19(20)22(29)24-14-16-6-5-11-23-13-16/h2-13H,14-15H2,1H3,(H,24,29)(H,25,28). The molecule has 0 saturated carbocycles. The van der Waals surface area contributed by atoms with E-state index in [1.807, 2.05) is 0 Å². The SMILES string of the molecule is CS(=O)(=O)N(CC(=O)Nc1ccccc1C(=O)NCc1cccnc1)c1cccc([N+](=O)[O-])c1. The number of sulfonamides is 1. The molecule has 0 radical (unpaired) electrons. The number of benzene rings is 2. The van der Waals surface area contributed by atoms with Crippen molar-refractivity contribution in [2.45, 2.75) is 6.54 Å². The van der Waals surface area contributed by atoms with Crippen LogP contribution in [-0.4, -0.2) is 42.9 Å². The zero-order chi connectivity index (χ0) is 24.7. The maximum atomic E-state index is 12.7. The molecule has 1 aromatic heterocycles. The van der Waals surface area contributed by atoms with Crippen LogP contribution in [0.1, 0.15) is 15.9 Å². The molecule has 2 N–H and O–H groups in total. The van der Waals surface area contributed by atoms with Gasteiger partial charge in [0.05, 0.1) is 28.1 Å². The van der Waals surface area contributed by atoms with Crippen molar-refractivity contribution in [1.82, 2.24) is 10.3 Å². The van der Waals surface area contributed by atoms with Gasteiger partial charge in [-0.25, -0.2) is 8.42 Å². The lowest BCUT2D eigenvalue weighted by Crippen LogP contribution is -2.37. The van der Waals surface area contributed by atoms with E-state index < -0.39 is 33.3 Å². The van der Waals surface area contributed by atoms with Crippen LogP contribution in [0.5, 0.6) is 0 Å². The number of nitrogens with zero attached hydrogens (tertiary/aromatic N) is 3. The van der Waals surface area contributed by atoms with Gasteiger partial charge < -0.3 is 10.6 Å². The first kappa shape index (κ1) is 24.3. The van der Waals surface area contributed by atoms with Crippen LogP contribution in [-0.2, 0) is 21.4 Å². The molecule has 2 aromatic carbocycles. The van der Waals surface area contributed by atoms with Gasteiger partial charge in [-0.15, -0.1) is 0 Å². The molecule has 0 atom stereocenters. The minimum Gasteiger partial charge on any atom is -0.348 e. The summed E-state index contributed by atoms with van der Waals surface area (Å²) in [6.45, 7) is -0.421. The zero-order valence-electron chi connectivity index (χ0n) is 18.0. The molecule has 176 valence electrons. The number of hydrogen-bond acceptors (Lipinski definition) is 7. The minimum atomic E-state index is -3.95. The summed E-state index contributed by atoms with van der Waals surface area (Å²) in [6, 6.07) is 14.8. The average molecular weight is 484 g/mol. The smallest absolute Gasteiger partial charge is 0.271 e. The Morgan fingerprint density at radius 1 is 1.09 bits per heavy atom. The average Bonchev–Trinajstić information content (AvgIpc) is 2.81. The van der Waals surface area contributed by atoms with E-state index in [9.17, 15) is 28.1 Å². The lowest BCUT2D eigenvalue weighted by atomic mass is 10.1. The molecular weight excluding hydrogens is 462 g/mol. The number of nitrogens with one attached hydrogen (secondary N) is 2. The summed E-state index contributed by atoms with van der Waals surface area (Å²) >= 11 is 0. The first-order valence-electron chi connectivity index (χ1n) is 9.93. The Balaban J connectivity index is 1.76. The number of para-hydroxylation sites is 1. The second-order valence-corrected chi connectivity index (χ2v) is 9.09. The van der Waals surface area contributed by atoms with Gasteiger partial charge in [-0.2, -0.15) is 0 Å². The van der Waals surface area contributed by atoms with Crippen molar-refractivity contribution >= 4 is 38.9 Å². The van der Waals surface area contributed by atoms with Gasteiger partial charge in [-0.1, -0.05) is 24.3 Å². The number of pyridine rings is 1. The molecule has 12 heteroatoms. The Kier molecular flexibility index (Phi) is 7.53. The molecule has 0 spiro atoms. The normalized spacial score (nSPS) is 10.9. The monoisotopic (exact) mass is 483 g/mol. The van der Waals surface area contributed by atoms with Gasteiger partial charge in [0.2, 0.25) is 15.9 Å². The molecule has 0 aliphatic heterocycles. The molecule has 34 heavy (non-hydrogen) atoms. The summed E-state index contributed by atoms with van der Waals surface area (Å²) in [5.41, 5.74) is 0.805. The van der Waals surface area contributed by atoms with Crippen LogP contribution in [0.15, 0.2) is 73.1 Å². The number of anilines is 2. The van der Waals surface area contributed by atoms with Gasteiger partial charge >= 0.3 is 0 Å². The Morgan fingerprint density at radius 2 is 1.85 bits per heavy atom. The first-order valence-corrected chi connectivity index (χ1v) is 11.8. The van der Waals surface area contributed by atoms with Crippen molar-refractivity contribution in [3.05, 3.63) is 94.3 Å². The number of nitro groups is 1. The summed E-state index contributed by atoms with van der Waals surface area (Å²) in [5, 5.41) is 16.3. The number of aromatic nitrogens is 1. The number of carbonyl (C=O) groups excluding carboxylic acids is 2. The maximum absolute atomic E-state index is 12.7. The quantitative estimate of drug-likeness (QED) is 0.350. The lowest BCUT2D eigenvalue weighted by molar-refractivity contribution is -0.384. The maximum Gasteiger partial charge on any atom is 0.271 e. The number of carbonyl (C=O) groups is 2. The molecule has 0 saturated heterocycles. The summed E-state index contributed by atoms with van der Waals surface area (Å²) in [5.74, 6) is -1.18. The number of hydrogen-bond donors (Lipinski definition) is 2. The van der Waals surface area contributed by atoms with Crippen LogP contribution < -0.4 is 14.9 Å². The lowest BCUT2D eigenvalue weighted by Gasteiger charge is -2.22. The molecular formula is C22H21N5O6S. The molecule has 11 nitrogen and oxygen atoms in total. The van der Waals surface area contributed by atoms with Crippen molar-refractivity contribution in [2.24, 2.45) is 0 Å². The third-order valence-electron chi connectivity index (χ3n) is 4.64. The second-order valence-electron chi connectivity index (χ2n) is 7.18. The minimum absolute atomic E-state index is 0.0330. The molecule has 0 unspecified atom stereocenters. The van der Waals surface area contributed by atoms with Crippen LogP contribution in [0, 0.1) is 10.1 Å². The largest absolute Gasteiger partial charge is 0.348 e. The van der Waals surface area contributed by atoms with Crippen molar-refractivity contribution in [1.29, 1.82) is 0 Å². The Labute approximate surface area is 195 Å². The molecule has 0 aliphatic carbocycles. The number of amides is 2. The summed E-state index contributed by atoms with van der Waals surface area (Å²) in [4.78, 5) is 39.8. The van der Waals surface area contributed by atoms with Crippen molar-refractivity contribution in [2.75, 3.05) is 22.4 Å². The van der Waals surface area contributed by atoms with Crippen molar-refractivity contribution < 1.29 is 22.9 Å². The fourth-order valence-corrected chi connectivity index (χ4v) is 3.90. The van der Waals surface area contributed by atoms with E-state index in [1.54, 1.807) is 36.7 Å². The fraction of sp³-hybridized carbons (Fsp3) is 0.136. The van der Waals surface area contributed by atoms with Crippen molar-refractivity contribution in [3.63, 3.8) is 0 Å². The van der Waals surface area contributed by atoms with Gasteiger partial charge in [-0.05, 0) is 29.8 Å². The van der Waals surface area contributed by atoms with Crippen molar-refractivity contribution in [3.8, 4) is 0 Å². The van der Waals surface area contributed by atoms with E-state index in [2.05, 4.69) is 15.6 Å². The summed E-state index contributed by atoms with van der Waals surface area (Å²) < 4.78 is 25.4. The van der Waals surface area contributed by atoms with E-state index in [0.29, 0.717) is 0 Å². The van der Waals surface area contributed by atoms with Crippen LogP contribution in [0.3, 0.4) is 0 Å². The predicted molar refractivity (Wildman–Crippen MR) is 126 cm³/mol. The number of nitro benzene ring substituents is 1. The molecule has 0 aliphatic rings. The fourth-order valence-electron chi connectivity index (χ4n) is 3.05. The topological polar surface area (TPSA) is 152 Å². The molecule has 0 bridgehead atoms. The summed E-state index contributed by atoms with van der Waals surface area (Å²) in [7, 11) is -3.95. The zero-order valence-corrected chi connectivity index (χ0v) is 18.9. The molecule has 1 heterocycles. The first-order chi connectivity index (χ1) is 16.1. The van der Waals surface area contributed by atoms with Gasteiger partial charge in [0.25, 0.3) is 11.6 Å². The Morgan fingerprint density at radius 3 is 2.53 bits per heavy atom. The van der Waals surface area contributed by atoms with Gasteiger partial charge in [0, 0.05) is 31.1 Å².